The van der Waals surface area contributed by atoms with E-state index in [0.717, 1.165) is 64.2 Å². The molecule has 0 aliphatic heterocycles. The summed E-state index contributed by atoms with van der Waals surface area (Å²) in [7, 11) is 0. The Hall–Kier alpha value is -1.21. The number of unbranched alkanes of at least 4 members (excludes halogenated alkanes) is 14. The first-order valence-corrected chi connectivity index (χ1v) is 15.7. The molecule has 2 aliphatic rings. The zero-order chi connectivity index (χ0) is 27.9. The topological polar surface area (TPSA) is 118 Å². The van der Waals surface area contributed by atoms with E-state index in [1.165, 1.54) is 77.0 Å². The van der Waals surface area contributed by atoms with Gasteiger partial charge in [0.25, 0.3) is 0 Å². The highest BCUT2D eigenvalue weighted by Crippen LogP contribution is 2.38. The summed E-state index contributed by atoms with van der Waals surface area (Å²) in [5, 5.41) is 45.5. The van der Waals surface area contributed by atoms with Crippen LogP contribution < -0.4 is 0 Å². The predicted octanol–water partition coefficient (Wildman–Crippen LogP) is 7.39. The lowest BCUT2D eigenvalue weighted by molar-refractivity contribution is -0.137. The summed E-state index contributed by atoms with van der Waals surface area (Å²) >= 11 is 0. The zero-order valence-electron chi connectivity index (χ0n) is 23.9. The van der Waals surface area contributed by atoms with Crippen molar-refractivity contribution < 1.29 is 30.3 Å². The molecule has 6 heteroatoms. The number of hydrogen-bond donors (Lipinski definition) is 5. The van der Waals surface area contributed by atoms with Gasteiger partial charge in [-0.15, -0.1) is 0 Å². The Morgan fingerprint density at radius 2 is 1.21 bits per heavy atom. The van der Waals surface area contributed by atoms with Gasteiger partial charge in [-0.05, 0) is 51.4 Å². The molecule has 5 N–H and O–H groups in total. The molecule has 6 nitrogen and oxygen atoms in total. The second-order valence-corrected chi connectivity index (χ2v) is 11.5. The van der Waals surface area contributed by atoms with Crippen LogP contribution in [0.15, 0.2) is 24.3 Å². The van der Waals surface area contributed by atoms with Crippen LogP contribution in [0.3, 0.4) is 0 Å². The second-order valence-electron chi connectivity index (χ2n) is 11.5. The van der Waals surface area contributed by atoms with Crippen LogP contribution in [0.2, 0.25) is 0 Å². The van der Waals surface area contributed by atoms with Crippen molar-refractivity contribution in [2.75, 3.05) is 0 Å². The molecule has 0 amide bonds. The van der Waals surface area contributed by atoms with Gasteiger partial charge in [-0.1, -0.05) is 114 Å². The van der Waals surface area contributed by atoms with Crippen LogP contribution >= 0.6 is 0 Å². The summed E-state index contributed by atoms with van der Waals surface area (Å²) < 4.78 is 0. The molecular weight excluding hydrogens is 480 g/mol. The van der Waals surface area contributed by atoms with Crippen molar-refractivity contribution in [3.63, 3.8) is 0 Å². The van der Waals surface area contributed by atoms with Crippen LogP contribution in [-0.2, 0) is 4.79 Å². The summed E-state index contributed by atoms with van der Waals surface area (Å²) in [6, 6.07) is 0. The summed E-state index contributed by atoms with van der Waals surface area (Å²) in [6.07, 6.45) is 31.6. The number of allylic oxidation sites excluding steroid dienone is 2. The Morgan fingerprint density at radius 1 is 0.711 bits per heavy atom. The Labute approximate surface area is 232 Å². The first kappa shape index (κ1) is 34.8. The lowest BCUT2D eigenvalue weighted by atomic mass is 9.74. The highest BCUT2D eigenvalue weighted by atomic mass is 16.5. The largest absolute Gasteiger partial charge is 0.481 e. The Morgan fingerprint density at radius 3 is 1.58 bits per heavy atom. The van der Waals surface area contributed by atoms with E-state index in [1.54, 1.807) is 0 Å². The van der Waals surface area contributed by atoms with Crippen molar-refractivity contribution in [3.05, 3.63) is 24.3 Å². The highest BCUT2D eigenvalue weighted by Gasteiger charge is 2.34. The number of carboxylic acids is 1. The molecule has 0 fully saturated rings. The van der Waals surface area contributed by atoms with E-state index in [9.17, 15) is 15.0 Å². The maximum atomic E-state index is 10.4. The normalized spacial score (nSPS) is 21.1. The van der Waals surface area contributed by atoms with Crippen LogP contribution in [0.1, 0.15) is 148 Å². The third-order valence-electron chi connectivity index (χ3n) is 8.18. The minimum atomic E-state index is -1.21. The molecule has 0 aromatic carbocycles. The number of rotatable bonds is 20. The van der Waals surface area contributed by atoms with Gasteiger partial charge in [-0.3, -0.25) is 4.79 Å². The molecule has 2 aliphatic carbocycles. The van der Waals surface area contributed by atoms with Gasteiger partial charge < -0.3 is 25.5 Å². The van der Waals surface area contributed by atoms with Crippen molar-refractivity contribution in [1.82, 2.24) is 0 Å². The molecule has 0 spiro atoms. The SMILES string of the molecule is O=C(O)CCCCCCCCCCCCCCCCCC1(C(O)O)C=CCCC1.OC(O)C1C=CCCC1. The van der Waals surface area contributed by atoms with E-state index in [1.807, 2.05) is 12.2 Å². The first-order valence-electron chi connectivity index (χ1n) is 15.7. The lowest BCUT2D eigenvalue weighted by Gasteiger charge is -2.35. The minimum Gasteiger partial charge on any atom is -0.481 e. The number of aliphatic carboxylic acids is 1. The van der Waals surface area contributed by atoms with Crippen molar-refractivity contribution in [2.45, 2.75) is 160 Å². The van der Waals surface area contributed by atoms with E-state index in [0.29, 0.717) is 6.42 Å². The van der Waals surface area contributed by atoms with Crippen LogP contribution in [0.4, 0.5) is 0 Å². The van der Waals surface area contributed by atoms with Gasteiger partial charge in [0, 0.05) is 17.8 Å². The summed E-state index contributed by atoms with van der Waals surface area (Å²) in [4.78, 5) is 10.4. The van der Waals surface area contributed by atoms with Crippen LogP contribution in [0.5, 0.6) is 0 Å². The molecule has 0 saturated heterocycles. The Kier molecular flexibility index (Phi) is 20.7. The van der Waals surface area contributed by atoms with E-state index in [-0.39, 0.29) is 11.3 Å². The Balaban J connectivity index is 0.000000671. The smallest absolute Gasteiger partial charge is 0.303 e. The molecule has 0 saturated carbocycles. The summed E-state index contributed by atoms with van der Waals surface area (Å²) in [5.74, 6) is -0.685. The first-order chi connectivity index (χ1) is 18.4. The van der Waals surface area contributed by atoms with E-state index >= 15 is 0 Å². The zero-order valence-corrected chi connectivity index (χ0v) is 23.9. The maximum absolute atomic E-state index is 10.4. The number of hydrogen-bond acceptors (Lipinski definition) is 5. The average molecular weight is 539 g/mol. The van der Waals surface area contributed by atoms with Gasteiger partial charge >= 0.3 is 5.97 Å². The van der Waals surface area contributed by atoms with E-state index < -0.39 is 18.5 Å². The van der Waals surface area contributed by atoms with Crippen LogP contribution in [-0.4, -0.2) is 44.1 Å². The van der Waals surface area contributed by atoms with Gasteiger partial charge in [-0.2, -0.15) is 0 Å². The standard InChI is InChI=1S/C25H46O4.C7H12O2/c26-23(27)19-15-12-10-8-6-4-2-1-3-5-7-9-11-13-16-20-25(24(28)29)21-17-14-18-22-25;8-7(9)6-4-2-1-3-5-6/h17,21,24,28-29H,1-16,18-20,22H2,(H,26,27);2,4,6-9H,1,3,5H2. The molecule has 2 atom stereocenters. The van der Waals surface area contributed by atoms with Crippen LogP contribution in [0, 0.1) is 11.3 Å². The van der Waals surface area contributed by atoms with Crippen molar-refractivity contribution in [3.8, 4) is 0 Å². The Bertz CT molecular complexity index is 629. The van der Waals surface area contributed by atoms with E-state index in [4.69, 9.17) is 15.3 Å². The van der Waals surface area contributed by atoms with Crippen molar-refractivity contribution in [2.24, 2.45) is 11.3 Å². The average Bonchev–Trinajstić information content (AvgIpc) is 2.91. The number of carboxylic acid groups (broad SMARTS) is 1. The quantitative estimate of drug-likeness (QED) is 0.0626. The van der Waals surface area contributed by atoms with Crippen molar-refractivity contribution >= 4 is 5.97 Å². The molecule has 2 unspecified atom stereocenters. The fraction of sp³-hybridized carbons (Fsp3) is 0.844. The third-order valence-corrected chi connectivity index (χ3v) is 8.18. The minimum absolute atomic E-state index is 0.0150. The van der Waals surface area contributed by atoms with E-state index in [2.05, 4.69) is 12.2 Å². The lowest BCUT2D eigenvalue weighted by Crippen LogP contribution is -2.34. The highest BCUT2D eigenvalue weighted by molar-refractivity contribution is 5.66. The fourth-order valence-corrected chi connectivity index (χ4v) is 5.62. The summed E-state index contributed by atoms with van der Waals surface area (Å²) in [5.41, 5.74) is -0.378. The molecule has 222 valence electrons. The number of carbonyl (C=O) groups is 1. The molecule has 2 rings (SSSR count). The number of aliphatic hydroxyl groups excluding tert-OH is 2. The molecule has 38 heavy (non-hydrogen) atoms. The summed E-state index contributed by atoms with van der Waals surface area (Å²) in [6.45, 7) is 0. The van der Waals surface area contributed by atoms with Gasteiger partial charge in [-0.25, -0.2) is 0 Å². The maximum Gasteiger partial charge on any atom is 0.303 e. The second kappa shape index (κ2) is 22.6. The molecule has 0 aromatic rings. The van der Waals surface area contributed by atoms with Gasteiger partial charge in [0.05, 0.1) is 0 Å². The molecule has 0 aromatic heterocycles. The van der Waals surface area contributed by atoms with Crippen LogP contribution in [0.25, 0.3) is 0 Å². The van der Waals surface area contributed by atoms with Gasteiger partial charge in [0.1, 0.15) is 0 Å². The van der Waals surface area contributed by atoms with Crippen molar-refractivity contribution in [1.29, 1.82) is 0 Å². The molecule has 0 radical (unpaired) electrons. The molecular formula is C32H58O6. The van der Waals surface area contributed by atoms with Gasteiger partial charge in [0.15, 0.2) is 12.6 Å². The molecule has 0 heterocycles. The van der Waals surface area contributed by atoms with Gasteiger partial charge in [0.2, 0.25) is 0 Å². The fourth-order valence-electron chi connectivity index (χ4n) is 5.62. The third kappa shape index (κ3) is 17.4. The number of aliphatic hydroxyl groups is 4. The molecule has 0 bridgehead atoms. The monoisotopic (exact) mass is 538 g/mol. The predicted molar refractivity (Wildman–Crippen MR) is 154 cm³/mol.